The Labute approximate surface area is 156 Å². The Balaban J connectivity index is 2.03. The Morgan fingerprint density at radius 3 is 2.52 bits per heavy atom. The van der Waals surface area contributed by atoms with Gasteiger partial charge >= 0.3 is 5.97 Å². The topological polar surface area (TPSA) is 126 Å². The highest BCUT2D eigenvalue weighted by molar-refractivity contribution is 5.88. The monoisotopic (exact) mass is 373 g/mol. The lowest BCUT2D eigenvalue weighted by Gasteiger charge is -2.19. The van der Waals surface area contributed by atoms with Gasteiger partial charge in [0.15, 0.2) is 0 Å². The number of carbonyl (C=O) groups is 3. The van der Waals surface area contributed by atoms with Crippen molar-refractivity contribution in [3.8, 4) is 0 Å². The molecular formula is C18H23N5O4. The highest BCUT2D eigenvalue weighted by Gasteiger charge is 2.23. The molecule has 2 rings (SSSR count). The summed E-state index contributed by atoms with van der Waals surface area (Å²) in [5.41, 5.74) is 1.09. The van der Waals surface area contributed by atoms with Crippen LogP contribution in [0.5, 0.6) is 0 Å². The molecule has 27 heavy (non-hydrogen) atoms. The quantitative estimate of drug-likeness (QED) is 0.599. The van der Waals surface area contributed by atoms with Gasteiger partial charge in [0, 0.05) is 6.42 Å². The SMILES string of the molecule is CC(C)CC(=O)NC(C(=O)NCc1cn(CC(=O)O)nn1)c1ccccc1. The van der Waals surface area contributed by atoms with Gasteiger partial charge < -0.3 is 15.7 Å². The van der Waals surface area contributed by atoms with Crippen LogP contribution in [0.2, 0.25) is 0 Å². The smallest absolute Gasteiger partial charge is 0.325 e. The molecule has 1 aromatic carbocycles. The third-order valence-corrected chi connectivity index (χ3v) is 3.62. The maximum absolute atomic E-state index is 12.6. The minimum atomic E-state index is -1.03. The van der Waals surface area contributed by atoms with E-state index in [9.17, 15) is 14.4 Å². The average molecular weight is 373 g/mol. The molecule has 1 unspecified atom stereocenters. The largest absolute Gasteiger partial charge is 0.480 e. The number of nitrogens with one attached hydrogen (secondary N) is 2. The van der Waals surface area contributed by atoms with Gasteiger partial charge in [-0.25, -0.2) is 4.68 Å². The third-order valence-electron chi connectivity index (χ3n) is 3.62. The fraction of sp³-hybridized carbons (Fsp3) is 0.389. The molecule has 144 valence electrons. The molecule has 0 saturated carbocycles. The van der Waals surface area contributed by atoms with Gasteiger partial charge in [0.05, 0.1) is 12.7 Å². The van der Waals surface area contributed by atoms with Gasteiger partial charge in [-0.1, -0.05) is 49.4 Å². The van der Waals surface area contributed by atoms with Crippen molar-refractivity contribution >= 4 is 17.8 Å². The number of aromatic nitrogens is 3. The highest BCUT2D eigenvalue weighted by atomic mass is 16.4. The summed E-state index contributed by atoms with van der Waals surface area (Å²) in [6, 6.07) is 8.12. The molecule has 0 saturated heterocycles. The number of aliphatic carboxylic acids is 1. The van der Waals surface area contributed by atoms with Crippen LogP contribution >= 0.6 is 0 Å². The summed E-state index contributed by atoms with van der Waals surface area (Å²) in [7, 11) is 0. The molecule has 0 spiro atoms. The van der Waals surface area contributed by atoms with Gasteiger partial charge in [-0.3, -0.25) is 14.4 Å². The molecule has 2 aromatic rings. The van der Waals surface area contributed by atoms with Gasteiger partial charge in [-0.2, -0.15) is 0 Å². The molecule has 0 bridgehead atoms. The zero-order valence-electron chi connectivity index (χ0n) is 15.3. The second-order valence-corrected chi connectivity index (χ2v) is 6.53. The molecule has 2 amide bonds. The lowest BCUT2D eigenvalue weighted by Crippen LogP contribution is -2.40. The predicted octanol–water partition coefficient (Wildman–Crippen LogP) is 0.883. The Hall–Kier alpha value is -3.23. The summed E-state index contributed by atoms with van der Waals surface area (Å²) in [6.07, 6.45) is 1.77. The molecular weight excluding hydrogens is 350 g/mol. The molecule has 9 heteroatoms. The van der Waals surface area contributed by atoms with Crippen molar-refractivity contribution in [2.24, 2.45) is 5.92 Å². The van der Waals surface area contributed by atoms with Gasteiger partial charge in [0.2, 0.25) is 11.8 Å². The van der Waals surface area contributed by atoms with E-state index < -0.39 is 12.0 Å². The zero-order valence-corrected chi connectivity index (χ0v) is 15.3. The molecule has 0 aliphatic heterocycles. The van der Waals surface area contributed by atoms with Crippen LogP contribution in [0.4, 0.5) is 0 Å². The molecule has 0 aliphatic carbocycles. The van der Waals surface area contributed by atoms with E-state index in [0.29, 0.717) is 17.7 Å². The van der Waals surface area contributed by atoms with Crippen LogP contribution in [0, 0.1) is 5.92 Å². The number of hydrogen-bond acceptors (Lipinski definition) is 5. The Morgan fingerprint density at radius 2 is 1.89 bits per heavy atom. The number of carboxylic acids is 1. The maximum atomic E-state index is 12.6. The van der Waals surface area contributed by atoms with Gasteiger partial charge in [-0.15, -0.1) is 5.10 Å². The second kappa shape index (κ2) is 9.46. The number of carboxylic acid groups (broad SMARTS) is 1. The number of carbonyl (C=O) groups excluding carboxylic acids is 2. The molecule has 1 atom stereocenters. The van der Waals surface area contributed by atoms with E-state index in [-0.39, 0.29) is 30.8 Å². The Bertz CT molecular complexity index is 788. The molecule has 1 aromatic heterocycles. The number of rotatable bonds is 9. The molecule has 0 radical (unpaired) electrons. The van der Waals surface area contributed by atoms with Gasteiger partial charge in [0.25, 0.3) is 0 Å². The zero-order chi connectivity index (χ0) is 19.8. The predicted molar refractivity (Wildman–Crippen MR) is 96.3 cm³/mol. The Kier molecular flexibility index (Phi) is 7.04. The van der Waals surface area contributed by atoms with E-state index >= 15 is 0 Å². The van der Waals surface area contributed by atoms with Crippen LogP contribution in [-0.4, -0.2) is 37.9 Å². The maximum Gasteiger partial charge on any atom is 0.325 e. The summed E-state index contributed by atoms with van der Waals surface area (Å²) >= 11 is 0. The number of benzene rings is 1. The van der Waals surface area contributed by atoms with Crippen molar-refractivity contribution in [3.05, 3.63) is 47.8 Å². The summed E-state index contributed by atoms with van der Waals surface area (Å²) < 4.78 is 1.17. The number of amides is 2. The first-order valence-electron chi connectivity index (χ1n) is 8.58. The van der Waals surface area contributed by atoms with Crippen LogP contribution in [0.15, 0.2) is 36.5 Å². The van der Waals surface area contributed by atoms with Crippen molar-refractivity contribution in [2.75, 3.05) is 0 Å². The minimum absolute atomic E-state index is 0.0713. The lowest BCUT2D eigenvalue weighted by molar-refractivity contribution is -0.138. The van der Waals surface area contributed by atoms with Crippen molar-refractivity contribution in [1.82, 2.24) is 25.6 Å². The average Bonchev–Trinajstić information content (AvgIpc) is 3.04. The first-order chi connectivity index (χ1) is 12.8. The fourth-order valence-corrected chi connectivity index (χ4v) is 2.45. The van der Waals surface area contributed by atoms with E-state index in [0.717, 1.165) is 0 Å². The van der Waals surface area contributed by atoms with Crippen LogP contribution < -0.4 is 10.6 Å². The van der Waals surface area contributed by atoms with Crippen LogP contribution in [0.3, 0.4) is 0 Å². The van der Waals surface area contributed by atoms with Gasteiger partial charge in [-0.05, 0) is 11.5 Å². The second-order valence-electron chi connectivity index (χ2n) is 6.53. The van der Waals surface area contributed by atoms with E-state index in [2.05, 4.69) is 20.9 Å². The summed E-state index contributed by atoms with van der Waals surface area (Å²) in [4.78, 5) is 35.5. The first-order valence-corrected chi connectivity index (χ1v) is 8.58. The van der Waals surface area contributed by atoms with E-state index in [1.54, 1.807) is 24.3 Å². The highest BCUT2D eigenvalue weighted by Crippen LogP contribution is 2.14. The van der Waals surface area contributed by atoms with Crippen molar-refractivity contribution < 1.29 is 19.5 Å². The van der Waals surface area contributed by atoms with E-state index in [1.807, 2.05) is 19.9 Å². The van der Waals surface area contributed by atoms with Crippen LogP contribution in [0.1, 0.15) is 37.6 Å². The molecule has 1 heterocycles. The molecule has 3 N–H and O–H groups in total. The normalized spacial score (nSPS) is 11.8. The van der Waals surface area contributed by atoms with Crippen molar-refractivity contribution in [1.29, 1.82) is 0 Å². The number of nitrogens with zero attached hydrogens (tertiary/aromatic N) is 3. The summed E-state index contributed by atoms with van der Waals surface area (Å²) in [5.74, 6) is -1.45. The molecule has 9 nitrogen and oxygen atoms in total. The fourth-order valence-electron chi connectivity index (χ4n) is 2.45. The number of hydrogen-bond donors (Lipinski definition) is 3. The van der Waals surface area contributed by atoms with Crippen molar-refractivity contribution in [2.45, 2.75) is 39.4 Å². The van der Waals surface area contributed by atoms with Crippen LogP contribution in [-0.2, 0) is 27.5 Å². The van der Waals surface area contributed by atoms with Crippen molar-refractivity contribution in [3.63, 3.8) is 0 Å². The van der Waals surface area contributed by atoms with E-state index in [4.69, 9.17) is 5.11 Å². The standard InChI is InChI=1S/C18H23N5O4/c1-12(2)8-15(24)20-17(13-6-4-3-5-7-13)18(27)19-9-14-10-23(22-21-14)11-16(25)26/h3-7,10,12,17H,8-9,11H2,1-2H3,(H,19,27)(H,20,24)(H,25,26). The van der Waals surface area contributed by atoms with Crippen LogP contribution in [0.25, 0.3) is 0 Å². The Morgan fingerprint density at radius 1 is 1.19 bits per heavy atom. The lowest BCUT2D eigenvalue weighted by atomic mass is 10.0. The van der Waals surface area contributed by atoms with Gasteiger partial charge in [0.1, 0.15) is 18.3 Å². The summed E-state index contributed by atoms with van der Waals surface area (Å²) in [5, 5.41) is 21.7. The minimum Gasteiger partial charge on any atom is -0.480 e. The molecule has 0 aliphatic rings. The van der Waals surface area contributed by atoms with E-state index in [1.165, 1.54) is 10.9 Å². The first kappa shape index (κ1) is 20.1. The summed E-state index contributed by atoms with van der Waals surface area (Å²) in [6.45, 7) is 3.62. The molecule has 0 fully saturated rings. The third kappa shape index (κ3) is 6.53.